The van der Waals surface area contributed by atoms with E-state index in [9.17, 15) is 4.79 Å². The molecular weight excluding hydrogens is 264 g/mol. The Labute approximate surface area is 125 Å². The second-order valence-corrected chi connectivity index (χ2v) is 5.00. The first kappa shape index (κ1) is 15.2. The minimum atomic E-state index is 0.0876. The van der Waals surface area contributed by atoms with Gasteiger partial charge in [-0.25, -0.2) is 0 Å². The van der Waals surface area contributed by atoms with Crippen LogP contribution in [0.3, 0.4) is 0 Å². The molecule has 1 heterocycles. The van der Waals surface area contributed by atoms with Crippen LogP contribution in [0.25, 0.3) is 11.4 Å². The molecule has 0 aliphatic heterocycles. The van der Waals surface area contributed by atoms with Crippen molar-refractivity contribution in [1.82, 2.24) is 15.2 Å². The fourth-order valence-corrected chi connectivity index (χ4v) is 2.10. The summed E-state index contributed by atoms with van der Waals surface area (Å²) >= 11 is 0. The molecule has 0 bridgehead atoms. The van der Waals surface area contributed by atoms with Gasteiger partial charge in [0.1, 0.15) is 0 Å². The lowest BCUT2D eigenvalue weighted by Gasteiger charge is -2.18. The lowest BCUT2D eigenvalue weighted by Crippen LogP contribution is -2.32. The predicted octanol–water partition coefficient (Wildman–Crippen LogP) is 3.40. The van der Waals surface area contributed by atoms with Crippen molar-refractivity contribution in [3.05, 3.63) is 30.3 Å². The van der Waals surface area contributed by atoms with Gasteiger partial charge in [0.05, 0.1) is 0 Å². The Morgan fingerprint density at radius 3 is 2.62 bits per heavy atom. The average Bonchev–Trinajstić information content (AvgIpc) is 2.98. The Hall–Kier alpha value is -2.17. The monoisotopic (exact) mass is 286 g/mol. The van der Waals surface area contributed by atoms with Crippen LogP contribution in [0.4, 0.5) is 5.95 Å². The number of hydrogen-bond acceptors (Lipinski definition) is 3. The number of rotatable bonds is 7. The number of carbonyl (C=O) groups excluding carboxylic acids is 1. The number of hydrogen-bond donors (Lipinski definition) is 1. The molecule has 0 aliphatic rings. The summed E-state index contributed by atoms with van der Waals surface area (Å²) in [6, 6.07) is 9.80. The predicted molar refractivity (Wildman–Crippen MR) is 84.0 cm³/mol. The summed E-state index contributed by atoms with van der Waals surface area (Å²) in [5.74, 6) is 1.25. The zero-order valence-electron chi connectivity index (χ0n) is 12.7. The van der Waals surface area contributed by atoms with Crippen molar-refractivity contribution >= 4 is 11.9 Å². The first-order chi connectivity index (χ1) is 10.3. The van der Waals surface area contributed by atoms with Crippen LogP contribution >= 0.6 is 0 Å². The van der Waals surface area contributed by atoms with E-state index in [1.807, 2.05) is 37.3 Å². The van der Waals surface area contributed by atoms with Crippen LogP contribution in [-0.2, 0) is 4.79 Å². The number of nitrogens with one attached hydrogen (secondary N) is 1. The van der Waals surface area contributed by atoms with Crippen LogP contribution in [0.15, 0.2) is 30.3 Å². The van der Waals surface area contributed by atoms with E-state index in [0.717, 1.165) is 24.8 Å². The second kappa shape index (κ2) is 7.57. The van der Waals surface area contributed by atoms with E-state index in [2.05, 4.69) is 22.1 Å². The van der Waals surface area contributed by atoms with Crippen LogP contribution in [-0.4, -0.2) is 27.6 Å². The third-order valence-corrected chi connectivity index (χ3v) is 3.26. The highest BCUT2D eigenvalue weighted by molar-refractivity contribution is 5.91. The lowest BCUT2D eigenvalue weighted by atomic mass is 10.2. The van der Waals surface area contributed by atoms with Gasteiger partial charge in [-0.3, -0.25) is 14.8 Å². The standard InChI is InChI=1S/C16H22N4O/c1-3-5-12-20(14(21)9-4-2)16-17-15(18-19-16)13-10-7-6-8-11-13/h6-8,10-11H,3-5,9,12H2,1-2H3,(H,17,18,19). The summed E-state index contributed by atoms with van der Waals surface area (Å²) in [5.41, 5.74) is 0.967. The number of unbranched alkanes of at least 4 members (excludes halogenated alkanes) is 1. The average molecular weight is 286 g/mol. The lowest BCUT2D eigenvalue weighted by molar-refractivity contribution is -0.118. The highest BCUT2D eigenvalue weighted by Crippen LogP contribution is 2.18. The normalized spacial score (nSPS) is 10.6. The van der Waals surface area contributed by atoms with E-state index >= 15 is 0 Å². The van der Waals surface area contributed by atoms with Gasteiger partial charge in [0.25, 0.3) is 5.95 Å². The van der Waals surface area contributed by atoms with Crippen LogP contribution in [0.2, 0.25) is 0 Å². The molecule has 1 N–H and O–H groups in total. The van der Waals surface area contributed by atoms with Crippen molar-refractivity contribution in [3.63, 3.8) is 0 Å². The molecule has 5 nitrogen and oxygen atoms in total. The third kappa shape index (κ3) is 3.90. The van der Waals surface area contributed by atoms with Gasteiger partial charge in [0.15, 0.2) is 5.82 Å². The van der Waals surface area contributed by atoms with Gasteiger partial charge in [0, 0.05) is 18.5 Å². The molecule has 1 aromatic carbocycles. The molecule has 1 amide bonds. The van der Waals surface area contributed by atoms with Crippen molar-refractivity contribution in [2.45, 2.75) is 39.5 Å². The first-order valence-electron chi connectivity index (χ1n) is 7.54. The van der Waals surface area contributed by atoms with Crippen molar-refractivity contribution in [2.24, 2.45) is 0 Å². The van der Waals surface area contributed by atoms with E-state index in [-0.39, 0.29) is 5.91 Å². The van der Waals surface area contributed by atoms with Crippen molar-refractivity contribution < 1.29 is 4.79 Å². The van der Waals surface area contributed by atoms with Crippen LogP contribution in [0.1, 0.15) is 39.5 Å². The Balaban J connectivity index is 2.20. The molecular formula is C16H22N4O. The maximum absolute atomic E-state index is 12.2. The smallest absolute Gasteiger partial charge is 0.251 e. The van der Waals surface area contributed by atoms with Crippen LogP contribution in [0, 0.1) is 0 Å². The number of anilines is 1. The number of amides is 1. The topological polar surface area (TPSA) is 61.9 Å². The molecule has 112 valence electrons. The van der Waals surface area contributed by atoms with Crippen molar-refractivity contribution in [3.8, 4) is 11.4 Å². The summed E-state index contributed by atoms with van der Waals surface area (Å²) in [7, 11) is 0. The molecule has 0 unspecified atom stereocenters. The third-order valence-electron chi connectivity index (χ3n) is 3.26. The highest BCUT2D eigenvalue weighted by Gasteiger charge is 2.19. The molecule has 0 saturated heterocycles. The SMILES string of the molecule is CCCCN(C(=O)CCC)c1n[nH]c(-c2ccccc2)n1. The van der Waals surface area contributed by atoms with E-state index < -0.39 is 0 Å². The van der Waals surface area contributed by atoms with Crippen molar-refractivity contribution in [2.75, 3.05) is 11.4 Å². The van der Waals surface area contributed by atoms with Crippen LogP contribution in [0.5, 0.6) is 0 Å². The Kier molecular flexibility index (Phi) is 5.49. The van der Waals surface area contributed by atoms with Gasteiger partial charge >= 0.3 is 0 Å². The maximum Gasteiger partial charge on any atom is 0.251 e. The molecule has 0 saturated carbocycles. The quantitative estimate of drug-likeness (QED) is 0.848. The van der Waals surface area contributed by atoms with E-state index in [0.29, 0.717) is 24.7 Å². The van der Waals surface area contributed by atoms with Gasteiger partial charge in [-0.2, -0.15) is 4.98 Å². The molecule has 21 heavy (non-hydrogen) atoms. The molecule has 0 fully saturated rings. The number of benzene rings is 1. The first-order valence-corrected chi connectivity index (χ1v) is 7.54. The Morgan fingerprint density at radius 1 is 1.19 bits per heavy atom. The summed E-state index contributed by atoms with van der Waals surface area (Å²) in [6.45, 7) is 4.78. The molecule has 2 aromatic rings. The number of aromatic nitrogens is 3. The summed E-state index contributed by atoms with van der Waals surface area (Å²) in [4.78, 5) is 18.4. The number of aromatic amines is 1. The molecule has 2 rings (SSSR count). The van der Waals surface area contributed by atoms with Gasteiger partial charge in [-0.1, -0.05) is 50.6 Å². The highest BCUT2D eigenvalue weighted by atomic mass is 16.2. The fourth-order valence-electron chi connectivity index (χ4n) is 2.10. The minimum Gasteiger partial charge on any atom is -0.279 e. The van der Waals surface area contributed by atoms with Gasteiger partial charge in [-0.15, -0.1) is 5.10 Å². The fraction of sp³-hybridized carbons (Fsp3) is 0.438. The van der Waals surface area contributed by atoms with E-state index in [4.69, 9.17) is 0 Å². The van der Waals surface area contributed by atoms with Gasteiger partial charge in [0.2, 0.25) is 5.91 Å². The molecule has 0 spiro atoms. The largest absolute Gasteiger partial charge is 0.279 e. The van der Waals surface area contributed by atoms with Gasteiger partial charge < -0.3 is 0 Å². The second-order valence-electron chi connectivity index (χ2n) is 5.00. The summed E-state index contributed by atoms with van der Waals surface area (Å²) in [6.07, 6.45) is 3.34. The molecule has 1 aromatic heterocycles. The Bertz CT molecular complexity index is 565. The zero-order chi connectivity index (χ0) is 15.1. The minimum absolute atomic E-state index is 0.0876. The maximum atomic E-state index is 12.2. The van der Waals surface area contributed by atoms with E-state index in [1.165, 1.54) is 0 Å². The molecule has 0 atom stereocenters. The number of H-pyrrole nitrogens is 1. The summed E-state index contributed by atoms with van der Waals surface area (Å²) in [5, 5.41) is 7.14. The van der Waals surface area contributed by atoms with Gasteiger partial charge in [-0.05, 0) is 12.8 Å². The Morgan fingerprint density at radius 2 is 1.95 bits per heavy atom. The number of carbonyl (C=O) groups is 1. The zero-order valence-corrected chi connectivity index (χ0v) is 12.7. The molecule has 5 heteroatoms. The van der Waals surface area contributed by atoms with E-state index in [1.54, 1.807) is 4.90 Å². The number of nitrogens with zero attached hydrogens (tertiary/aromatic N) is 3. The van der Waals surface area contributed by atoms with Crippen molar-refractivity contribution in [1.29, 1.82) is 0 Å². The molecule has 0 aliphatic carbocycles. The summed E-state index contributed by atoms with van der Waals surface area (Å²) < 4.78 is 0. The van der Waals surface area contributed by atoms with Crippen LogP contribution < -0.4 is 4.90 Å². The molecule has 0 radical (unpaired) electrons.